The van der Waals surface area contributed by atoms with Crippen LogP contribution in [0.25, 0.3) is 6.08 Å². The number of benzene rings is 2. The van der Waals surface area contributed by atoms with Gasteiger partial charge in [0.25, 0.3) is 5.91 Å². The fraction of sp³-hybridized carbons (Fsp3) is 0.0500. The summed E-state index contributed by atoms with van der Waals surface area (Å²) in [6.07, 6.45) is 3.64. The molecule has 0 unspecified atom stereocenters. The molecule has 0 spiro atoms. The molecule has 7 heteroatoms. The molecular weight excluding hydrogens is 365 g/mol. The first-order valence-electron chi connectivity index (χ1n) is 7.95. The number of aromatic nitrogens is 1. The average Bonchev–Trinajstić information content (AvgIpc) is 3.10. The molecule has 27 heavy (non-hydrogen) atoms. The van der Waals surface area contributed by atoms with E-state index in [0.717, 1.165) is 10.4 Å². The first kappa shape index (κ1) is 18.3. The molecule has 0 aliphatic carbocycles. The quantitative estimate of drug-likeness (QED) is 0.516. The van der Waals surface area contributed by atoms with E-state index in [2.05, 4.69) is 10.3 Å². The summed E-state index contributed by atoms with van der Waals surface area (Å²) in [6.45, 7) is 0. The number of hydrogen-bond acceptors (Lipinski definition) is 5. The summed E-state index contributed by atoms with van der Waals surface area (Å²) in [5.41, 5.74) is 1.48. The van der Waals surface area contributed by atoms with Crippen molar-refractivity contribution in [1.82, 2.24) is 4.98 Å². The molecule has 0 fully saturated rings. The van der Waals surface area contributed by atoms with Gasteiger partial charge in [-0.15, -0.1) is 11.3 Å². The van der Waals surface area contributed by atoms with E-state index in [1.165, 1.54) is 41.7 Å². The summed E-state index contributed by atoms with van der Waals surface area (Å²) >= 11 is 1.29. The Bertz CT molecular complexity index is 1020. The number of carbonyl (C=O) groups is 1. The minimum absolute atomic E-state index is 0.0732. The van der Waals surface area contributed by atoms with E-state index in [-0.39, 0.29) is 17.1 Å². The van der Waals surface area contributed by atoms with E-state index in [1.54, 1.807) is 30.5 Å². The number of carbonyl (C=O) groups excluding carboxylic acids is 1. The second kappa shape index (κ2) is 8.25. The van der Waals surface area contributed by atoms with Crippen LogP contribution in [0.2, 0.25) is 0 Å². The van der Waals surface area contributed by atoms with E-state index in [1.807, 2.05) is 6.07 Å². The van der Waals surface area contributed by atoms with Crippen molar-refractivity contribution < 1.29 is 14.3 Å². The third-order valence-corrected chi connectivity index (χ3v) is 4.55. The highest BCUT2D eigenvalue weighted by molar-refractivity contribution is 7.15. The Morgan fingerprint density at radius 3 is 2.59 bits per heavy atom. The molecule has 0 radical (unpaired) electrons. The van der Waals surface area contributed by atoms with Gasteiger partial charge in [0.1, 0.15) is 23.2 Å². The zero-order chi connectivity index (χ0) is 19.2. The molecule has 0 bridgehead atoms. The minimum Gasteiger partial charge on any atom is -0.508 e. The molecule has 0 saturated heterocycles. The molecule has 0 aliphatic heterocycles. The van der Waals surface area contributed by atoms with Crippen molar-refractivity contribution in [3.05, 3.63) is 82.1 Å². The van der Waals surface area contributed by atoms with Crippen LogP contribution in [0.4, 0.5) is 9.52 Å². The van der Waals surface area contributed by atoms with Gasteiger partial charge in [-0.25, -0.2) is 9.37 Å². The monoisotopic (exact) mass is 379 g/mol. The van der Waals surface area contributed by atoms with E-state index in [9.17, 15) is 19.6 Å². The number of nitrogens with one attached hydrogen (secondary N) is 1. The minimum atomic E-state index is -0.562. The Labute approximate surface area is 159 Å². The molecule has 0 aliphatic rings. The second-order valence-electron chi connectivity index (χ2n) is 5.65. The molecule has 1 heterocycles. The zero-order valence-corrected chi connectivity index (χ0v) is 14.8. The van der Waals surface area contributed by atoms with Gasteiger partial charge in [0.2, 0.25) is 0 Å². The van der Waals surface area contributed by atoms with Gasteiger partial charge in [0.15, 0.2) is 5.13 Å². The van der Waals surface area contributed by atoms with Gasteiger partial charge in [-0.3, -0.25) is 10.1 Å². The number of anilines is 1. The number of nitrogens with zero attached hydrogens (tertiary/aromatic N) is 2. The van der Waals surface area contributed by atoms with Gasteiger partial charge >= 0.3 is 0 Å². The number of nitriles is 1. The van der Waals surface area contributed by atoms with Crippen LogP contribution in [0.5, 0.6) is 5.75 Å². The van der Waals surface area contributed by atoms with E-state index < -0.39 is 5.91 Å². The Morgan fingerprint density at radius 2 is 1.93 bits per heavy atom. The highest BCUT2D eigenvalue weighted by atomic mass is 32.1. The van der Waals surface area contributed by atoms with Crippen molar-refractivity contribution in [2.75, 3.05) is 5.32 Å². The third-order valence-electron chi connectivity index (χ3n) is 3.63. The van der Waals surface area contributed by atoms with Gasteiger partial charge in [-0.1, -0.05) is 24.3 Å². The van der Waals surface area contributed by atoms with Gasteiger partial charge < -0.3 is 5.11 Å². The topological polar surface area (TPSA) is 86.0 Å². The van der Waals surface area contributed by atoms with Crippen molar-refractivity contribution in [2.24, 2.45) is 0 Å². The van der Waals surface area contributed by atoms with Crippen molar-refractivity contribution in [3.63, 3.8) is 0 Å². The van der Waals surface area contributed by atoms with E-state index >= 15 is 0 Å². The number of rotatable bonds is 5. The number of phenolic OH excluding ortho intramolecular Hbond substituents is 1. The van der Waals surface area contributed by atoms with Gasteiger partial charge in [-0.05, 0) is 41.5 Å². The number of aromatic hydroxyl groups is 1. The molecule has 2 N–H and O–H groups in total. The summed E-state index contributed by atoms with van der Waals surface area (Å²) < 4.78 is 13.0. The fourth-order valence-electron chi connectivity index (χ4n) is 2.30. The summed E-state index contributed by atoms with van der Waals surface area (Å²) in [5, 5.41) is 21.5. The van der Waals surface area contributed by atoms with Crippen LogP contribution in [0.1, 0.15) is 16.0 Å². The summed E-state index contributed by atoms with van der Waals surface area (Å²) in [6, 6.07) is 14.2. The number of halogens is 1. The number of phenols is 1. The normalized spacial score (nSPS) is 11.0. The predicted octanol–water partition coefficient (Wildman–Crippen LogP) is 4.12. The Balaban J connectivity index is 1.68. The molecule has 0 saturated carbocycles. The largest absolute Gasteiger partial charge is 0.508 e. The second-order valence-corrected chi connectivity index (χ2v) is 6.77. The highest BCUT2D eigenvalue weighted by Crippen LogP contribution is 2.22. The Morgan fingerprint density at radius 1 is 1.22 bits per heavy atom. The van der Waals surface area contributed by atoms with Crippen molar-refractivity contribution in [3.8, 4) is 11.8 Å². The molecular formula is C20H14FN3O2S. The van der Waals surface area contributed by atoms with Gasteiger partial charge in [-0.2, -0.15) is 5.26 Å². The first-order chi connectivity index (χ1) is 13.0. The van der Waals surface area contributed by atoms with Gasteiger partial charge in [0.05, 0.1) is 0 Å². The maximum absolute atomic E-state index is 13.0. The molecule has 0 atom stereocenters. The maximum atomic E-state index is 13.0. The van der Waals surface area contributed by atoms with Crippen molar-refractivity contribution in [1.29, 1.82) is 5.26 Å². The van der Waals surface area contributed by atoms with Gasteiger partial charge in [0, 0.05) is 17.5 Å². The van der Waals surface area contributed by atoms with E-state index in [0.29, 0.717) is 17.1 Å². The molecule has 3 aromatic rings. The van der Waals surface area contributed by atoms with Crippen LogP contribution in [0.15, 0.2) is 60.3 Å². The number of hydrogen-bond donors (Lipinski definition) is 2. The van der Waals surface area contributed by atoms with Crippen molar-refractivity contribution in [2.45, 2.75) is 6.42 Å². The molecule has 5 nitrogen and oxygen atoms in total. The first-order valence-corrected chi connectivity index (χ1v) is 8.76. The molecule has 1 amide bonds. The fourth-order valence-corrected chi connectivity index (χ4v) is 3.14. The third kappa shape index (κ3) is 5.00. The van der Waals surface area contributed by atoms with Crippen LogP contribution in [-0.4, -0.2) is 16.0 Å². The predicted molar refractivity (Wildman–Crippen MR) is 102 cm³/mol. The van der Waals surface area contributed by atoms with Crippen LogP contribution >= 0.6 is 11.3 Å². The van der Waals surface area contributed by atoms with Crippen LogP contribution in [0.3, 0.4) is 0 Å². The van der Waals surface area contributed by atoms with Crippen LogP contribution in [-0.2, 0) is 11.2 Å². The summed E-state index contributed by atoms with van der Waals surface area (Å²) in [4.78, 5) is 17.3. The number of amides is 1. The Kier molecular flexibility index (Phi) is 5.59. The summed E-state index contributed by atoms with van der Waals surface area (Å²) in [7, 11) is 0. The Hall–Kier alpha value is -3.50. The highest BCUT2D eigenvalue weighted by Gasteiger charge is 2.12. The van der Waals surface area contributed by atoms with Crippen LogP contribution in [0, 0.1) is 17.1 Å². The average molecular weight is 379 g/mol. The zero-order valence-electron chi connectivity index (χ0n) is 14.0. The smallest absolute Gasteiger partial charge is 0.268 e. The van der Waals surface area contributed by atoms with E-state index in [4.69, 9.17) is 0 Å². The standard InChI is InChI=1S/C20H14FN3O2S/c21-16-5-1-14(2-6-16)10-18-12-23-20(27-18)24-19(26)15(11-22)9-13-3-7-17(25)8-4-13/h1-9,12,25H,10H2,(H,23,24,26). The summed E-state index contributed by atoms with van der Waals surface area (Å²) in [5.74, 6) is -0.750. The van der Waals surface area contributed by atoms with Crippen molar-refractivity contribution >= 4 is 28.5 Å². The lowest BCUT2D eigenvalue weighted by Gasteiger charge is -2.01. The molecule has 2 aromatic carbocycles. The SMILES string of the molecule is N#CC(=Cc1ccc(O)cc1)C(=O)Nc1ncc(Cc2ccc(F)cc2)s1. The lowest BCUT2D eigenvalue weighted by atomic mass is 10.1. The van der Waals surface area contributed by atoms with Crippen LogP contribution < -0.4 is 5.32 Å². The molecule has 1 aromatic heterocycles. The lowest BCUT2D eigenvalue weighted by molar-refractivity contribution is -0.112. The maximum Gasteiger partial charge on any atom is 0.268 e. The molecule has 3 rings (SSSR count). The molecule has 134 valence electrons. The lowest BCUT2D eigenvalue weighted by Crippen LogP contribution is -2.13. The number of thiazole rings is 1.